The van der Waals surface area contributed by atoms with Crippen LogP contribution in [0.15, 0.2) is 24.3 Å². The van der Waals surface area contributed by atoms with E-state index in [1.165, 1.54) is 6.07 Å². The first-order valence-electron chi connectivity index (χ1n) is 5.85. The number of carboxylic acids is 1. The quantitative estimate of drug-likeness (QED) is 0.762. The molecule has 6 nitrogen and oxygen atoms in total. The van der Waals surface area contributed by atoms with Gasteiger partial charge in [-0.15, -0.1) is 0 Å². The van der Waals surface area contributed by atoms with Crippen molar-refractivity contribution < 1.29 is 14.7 Å². The fourth-order valence-corrected chi connectivity index (χ4v) is 2.11. The van der Waals surface area contributed by atoms with E-state index < -0.39 is 5.97 Å². The molecule has 0 aliphatic carbocycles. The van der Waals surface area contributed by atoms with Crippen LogP contribution >= 0.6 is 0 Å². The Balaban J connectivity index is 1.99. The van der Waals surface area contributed by atoms with Gasteiger partial charge < -0.3 is 10.4 Å². The number of rotatable bonds is 2. The molecule has 1 aliphatic rings. The number of amides is 1. The van der Waals surface area contributed by atoms with Crippen molar-refractivity contribution in [2.24, 2.45) is 0 Å². The lowest BCUT2D eigenvalue weighted by Crippen LogP contribution is -2.18. The summed E-state index contributed by atoms with van der Waals surface area (Å²) < 4.78 is 0. The topological polar surface area (TPSA) is 95.1 Å². The number of aromatic amines is 1. The van der Waals surface area contributed by atoms with Crippen molar-refractivity contribution in [3.63, 3.8) is 0 Å². The van der Waals surface area contributed by atoms with Gasteiger partial charge >= 0.3 is 5.97 Å². The van der Waals surface area contributed by atoms with Crippen LogP contribution in [-0.2, 0) is 11.2 Å². The minimum atomic E-state index is -1.05. The molecule has 1 aliphatic heterocycles. The molecule has 0 radical (unpaired) electrons. The minimum Gasteiger partial charge on any atom is -0.477 e. The van der Waals surface area contributed by atoms with Gasteiger partial charge in [0.15, 0.2) is 0 Å². The fraction of sp³-hybridized carbons (Fsp3) is 0.154. The molecule has 0 bridgehead atoms. The number of carboxylic acid groups (broad SMARTS) is 1. The summed E-state index contributed by atoms with van der Waals surface area (Å²) in [7, 11) is 0. The monoisotopic (exact) mass is 257 g/mol. The first kappa shape index (κ1) is 11.5. The molecule has 1 aromatic heterocycles. The van der Waals surface area contributed by atoms with Gasteiger partial charge in [0, 0.05) is 17.7 Å². The van der Waals surface area contributed by atoms with Gasteiger partial charge in [0.05, 0.1) is 5.69 Å². The second-order valence-corrected chi connectivity index (χ2v) is 4.39. The predicted molar refractivity (Wildman–Crippen MR) is 67.9 cm³/mol. The average Bonchev–Trinajstić information content (AvgIpc) is 2.87. The lowest BCUT2D eigenvalue weighted by Gasteiger charge is -2.17. The molecule has 96 valence electrons. The molecule has 0 saturated carbocycles. The highest BCUT2D eigenvalue weighted by atomic mass is 16.4. The maximum Gasteiger partial charge on any atom is 0.353 e. The van der Waals surface area contributed by atoms with Crippen LogP contribution in [0.5, 0.6) is 0 Å². The number of aromatic nitrogens is 2. The zero-order chi connectivity index (χ0) is 13.4. The maximum absolute atomic E-state index is 11.4. The molecule has 0 saturated heterocycles. The van der Waals surface area contributed by atoms with E-state index in [0.29, 0.717) is 12.1 Å². The number of H-pyrrole nitrogens is 1. The summed E-state index contributed by atoms with van der Waals surface area (Å²) in [6, 6.07) is 7.08. The highest BCUT2D eigenvalue weighted by Crippen LogP contribution is 2.28. The van der Waals surface area contributed by atoms with E-state index in [9.17, 15) is 9.59 Å². The van der Waals surface area contributed by atoms with Crippen LogP contribution in [-0.4, -0.2) is 27.2 Å². The SMILES string of the molecule is O=C1CCc2ccc(-c3cc(C(=O)O)[nH]n3)cc2N1. The highest BCUT2D eigenvalue weighted by molar-refractivity contribution is 5.95. The first-order chi connectivity index (χ1) is 9.13. The number of aryl methyl sites for hydroxylation is 1. The van der Waals surface area contributed by atoms with E-state index in [0.717, 1.165) is 23.2 Å². The molecule has 6 heteroatoms. The van der Waals surface area contributed by atoms with Crippen molar-refractivity contribution in [2.75, 3.05) is 5.32 Å². The summed E-state index contributed by atoms with van der Waals surface area (Å²) in [6.45, 7) is 0. The van der Waals surface area contributed by atoms with Crippen molar-refractivity contribution in [1.82, 2.24) is 10.2 Å². The van der Waals surface area contributed by atoms with Gasteiger partial charge in [-0.25, -0.2) is 4.79 Å². The molecule has 3 rings (SSSR count). The zero-order valence-electron chi connectivity index (χ0n) is 9.93. The number of benzene rings is 1. The van der Waals surface area contributed by atoms with Crippen molar-refractivity contribution in [3.05, 3.63) is 35.5 Å². The molecule has 3 N–H and O–H groups in total. The van der Waals surface area contributed by atoms with Crippen LogP contribution in [0.4, 0.5) is 5.69 Å². The van der Waals surface area contributed by atoms with Crippen LogP contribution in [0, 0.1) is 0 Å². The van der Waals surface area contributed by atoms with E-state index in [1.807, 2.05) is 18.2 Å². The molecule has 0 unspecified atom stereocenters. The third-order valence-electron chi connectivity index (χ3n) is 3.11. The molecule has 0 spiro atoms. The van der Waals surface area contributed by atoms with E-state index in [4.69, 9.17) is 5.11 Å². The molecule has 0 fully saturated rings. The van der Waals surface area contributed by atoms with Crippen molar-refractivity contribution in [2.45, 2.75) is 12.8 Å². The Morgan fingerprint density at radius 3 is 2.84 bits per heavy atom. The normalized spacial score (nSPS) is 13.8. The Bertz CT molecular complexity index is 676. The number of anilines is 1. The average molecular weight is 257 g/mol. The number of nitrogens with zero attached hydrogens (tertiary/aromatic N) is 1. The molecule has 1 aromatic carbocycles. The Hall–Kier alpha value is -2.63. The number of hydrogen-bond donors (Lipinski definition) is 3. The summed E-state index contributed by atoms with van der Waals surface area (Å²) in [5.41, 5.74) is 3.20. The standard InChI is InChI=1S/C13H11N3O3/c17-12-4-3-7-1-2-8(5-9(7)14-12)10-6-11(13(18)19)16-15-10/h1-2,5-6H,3-4H2,(H,14,17)(H,15,16)(H,18,19). The van der Waals surface area contributed by atoms with E-state index in [2.05, 4.69) is 15.5 Å². The van der Waals surface area contributed by atoms with Crippen LogP contribution < -0.4 is 5.32 Å². The lowest BCUT2D eigenvalue weighted by molar-refractivity contribution is -0.116. The van der Waals surface area contributed by atoms with Crippen LogP contribution in [0.3, 0.4) is 0 Å². The van der Waals surface area contributed by atoms with E-state index in [1.54, 1.807) is 0 Å². The summed E-state index contributed by atoms with van der Waals surface area (Å²) in [6.07, 6.45) is 1.22. The van der Waals surface area contributed by atoms with Gasteiger partial charge in [0.2, 0.25) is 5.91 Å². The van der Waals surface area contributed by atoms with E-state index in [-0.39, 0.29) is 11.6 Å². The highest BCUT2D eigenvalue weighted by Gasteiger charge is 2.16. The fourth-order valence-electron chi connectivity index (χ4n) is 2.11. The number of carbonyl (C=O) groups excluding carboxylic acids is 1. The van der Waals surface area contributed by atoms with Crippen molar-refractivity contribution in [1.29, 1.82) is 0 Å². The molecule has 1 amide bonds. The number of nitrogens with one attached hydrogen (secondary N) is 2. The van der Waals surface area contributed by atoms with Crippen molar-refractivity contribution >= 4 is 17.6 Å². The van der Waals surface area contributed by atoms with Gasteiger partial charge in [-0.05, 0) is 24.1 Å². The third-order valence-corrected chi connectivity index (χ3v) is 3.11. The Kier molecular flexibility index (Phi) is 2.56. The smallest absolute Gasteiger partial charge is 0.353 e. The maximum atomic E-state index is 11.4. The molecule has 19 heavy (non-hydrogen) atoms. The number of fused-ring (bicyclic) bond motifs is 1. The van der Waals surface area contributed by atoms with Crippen LogP contribution in [0.2, 0.25) is 0 Å². The summed E-state index contributed by atoms with van der Waals surface area (Å²) in [5, 5.41) is 18.1. The second kappa shape index (κ2) is 4.24. The van der Waals surface area contributed by atoms with E-state index >= 15 is 0 Å². The molecule has 2 aromatic rings. The zero-order valence-corrected chi connectivity index (χ0v) is 9.93. The Morgan fingerprint density at radius 2 is 2.11 bits per heavy atom. The lowest BCUT2D eigenvalue weighted by atomic mass is 10.00. The second-order valence-electron chi connectivity index (χ2n) is 4.39. The van der Waals surface area contributed by atoms with Gasteiger partial charge in [-0.1, -0.05) is 12.1 Å². The van der Waals surface area contributed by atoms with Crippen LogP contribution in [0.1, 0.15) is 22.5 Å². The third kappa shape index (κ3) is 2.08. The Morgan fingerprint density at radius 1 is 1.26 bits per heavy atom. The number of hydrogen-bond acceptors (Lipinski definition) is 3. The van der Waals surface area contributed by atoms with Crippen LogP contribution in [0.25, 0.3) is 11.3 Å². The molecular weight excluding hydrogens is 246 g/mol. The summed E-state index contributed by atoms with van der Waals surface area (Å²) in [5.74, 6) is -1.05. The molecular formula is C13H11N3O3. The number of aromatic carboxylic acids is 1. The van der Waals surface area contributed by atoms with Crippen molar-refractivity contribution in [3.8, 4) is 11.3 Å². The number of carbonyl (C=O) groups is 2. The van der Waals surface area contributed by atoms with Gasteiger partial charge in [-0.2, -0.15) is 5.10 Å². The summed E-state index contributed by atoms with van der Waals surface area (Å²) >= 11 is 0. The van der Waals surface area contributed by atoms with Gasteiger partial charge in [0.25, 0.3) is 0 Å². The summed E-state index contributed by atoms with van der Waals surface area (Å²) in [4.78, 5) is 22.1. The predicted octanol–water partition coefficient (Wildman–Crippen LogP) is 1.66. The van der Waals surface area contributed by atoms with Gasteiger partial charge in [0.1, 0.15) is 5.69 Å². The minimum absolute atomic E-state index is 0.00194. The largest absolute Gasteiger partial charge is 0.477 e. The molecule has 0 atom stereocenters. The van der Waals surface area contributed by atoms with Gasteiger partial charge in [-0.3, -0.25) is 9.89 Å². The Labute approximate surface area is 108 Å². The first-order valence-corrected chi connectivity index (χ1v) is 5.85. The molecule has 2 heterocycles.